The Kier molecular flexibility index (Phi) is 4.23. The van der Waals surface area contributed by atoms with Crippen LogP contribution in [0.15, 0.2) is 54.9 Å². The number of carbonyl (C=O) groups excluding carboxylic acids is 1. The number of nitrogens with one attached hydrogen (secondary N) is 1. The number of fused-ring (bicyclic) bond motifs is 2. The Morgan fingerprint density at radius 2 is 1.97 bits per heavy atom. The van der Waals surface area contributed by atoms with Crippen LogP contribution in [0.4, 0.5) is 10.5 Å². The zero-order chi connectivity index (χ0) is 20.0. The molecule has 1 saturated heterocycles. The number of aromatic nitrogens is 4. The summed E-state index contributed by atoms with van der Waals surface area (Å²) in [5.41, 5.74) is 5.07. The van der Waals surface area contributed by atoms with Gasteiger partial charge >= 0.3 is 6.03 Å². The number of hydrogen-bond acceptors (Lipinski definition) is 3. The lowest BCUT2D eigenvalue weighted by Gasteiger charge is -2.34. The molecule has 2 aromatic heterocycles. The Labute approximate surface area is 169 Å². The van der Waals surface area contributed by atoms with Gasteiger partial charge in [0.2, 0.25) is 0 Å². The molecule has 148 valence electrons. The summed E-state index contributed by atoms with van der Waals surface area (Å²) in [7, 11) is 1.96. The van der Waals surface area contributed by atoms with Crippen molar-refractivity contribution in [3.63, 3.8) is 0 Å². The normalized spacial score (nSPS) is 20.6. The first kappa shape index (κ1) is 17.7. The van der Waals surface area contributed by atoms with Crippen molar-refractivity contribution in [1.29, 1.82) is 0 Å². The molecule has 2 bridgehead atoms. The van der Waals surface area contributed by atoms with Crippen molar-refractivity contribution >= 4 is 17.3 Å². The van der Waals surface area contributed by atoms with Crippen molar-refractivity contribution in [3.8, 4) is 5.69 Å². The highest BCUT2D eigenvalue weighted by Gasteiger charge is 2.40. The first-order valence-corrected chi connectivity index (χ1v) is 10.0. The van der Waals surface area contributed by atoms with Crippen LogP contribution >= 0.6 is 0 Å². The van der Waals surface area contributed by atoms with E-state index in [-0.39, 0.29) is 18.1 Å². The van der Waals surface area contributed by atoms with Gasteiger partial charge < -0.3 is 10.2 Å². The smallest absolute Gasteiger partial charge is 0.315 e. The van der Waals surface area contributed by atoms with E-state index in [9.17, 15) is 4.79 Å². The SMILES string of the molecule is Cc1c(NC(=O)N2C3C=C(c4ccnn4C)CC2CC3)cnn1-c1ccccc1. The third-order valence-corrected chi connectivity index (χ3v) is 6.03. The first-order valence-electron chi connectivity index (χ1n) is 10.0. The van der Waals surface area contributed by atoms with Gasteiger partial charge in [0.15, 0.2) is 0 Å². The van der Waals surface area contributed by atoms with Crippen LogP contribution in [-0.4, -0.2) is 42.6 Å². The lowest BCUT2D eigenvalue weighted by molar-refractivity contribution is 0.193. The second-order valence-corrected chi connectivity index (χ2v) is 7.76. The highest BCUT2D eigenvalue weighted by atomic mass is 16.2. The molecule has 7 heteroatoms. The average molecular weight is 388 g/mol. The van der Waals surface area contributed by atoms with Gasteiger partial charge in [-0.1, -0.05) is 24.3 Å². The number of urea groups is 1. The molecule has 5 rings (SSSR count). The first-order chi connectivity index (χ1) is 14.1. The third kappa shape index (κ3) is 3.03. The van der Waals surface area contributed by atoms with Crippen molar-refractivity contribution in [2.24, 2.45) is 7.05 Å². The van der Waals surface area contributed by atoms with Gasteiger partial charge in [0.25, 0.3) is 0 Å². The van der Waals surface area contributed by atoms with Crippen LogP contribution < -0.4 is 5.32 Å². The average Bonchev–Trinajstić information content (AvgIpc) is 3.39. The summed E-state index contributed by atoms with van der Waals surface area (Å²) in [5, 5.41) is 11.8. The number of anilines is 1. The van der Waals surface area contributed by atoms with E-state index >= 15 is 0 Å². The fourth-order valence-electron chi connectivity index (χ4n) is 4.57. The minimum absolute atomic E-state index is 0.0477. The number of rotatable bonds is 3. The summed E-state index contributed by atoms with van der Waals surface area (Å²) in [6, 6.07) is 12.3. The standard InChI is InChI=1S/C22H24N6O/c1-15-20(14-24-28(15)17-6-4-3-5-7-17)25-22(29)27-18-8-9-19(27)13-16(12-18)21-10-11-23-26(21)2/h3-7,10-12,14,18-19H,8-9,13H2,1-2H3,(H,25,29). The van der Waals surface area contributed by atoms with Crippen LogP contribution in [-0.2, 0) is 7.05 Å². The zero-order valence-electron chi connectivity index (χ0n) is 16.6. The Morgan fingerprint density at radius 1 is 1.14 bits per heavy atom. The van der Waals surface area contributed by atoms with E-state index in [1.165, 1.54) is 5.57 Å². The maximum atomic E-state index is 13.1. The van der Waals surface area contributed by atoms with Gasteiger partial charge in [-0.25, -0.2) is 9.48 Å². The molecule has 2 aliphatic heterocycles. The molecule has 0 saturated carbocycles. The predicted molar refractivity (Wildman–Crippen MR) is 112 cm³/mol. The Hall–Kier alpha value is -3.35. The van der Waals surface area contributed by atoms with Crippen molar-refractivity contribution in [1.82, 2.24) is 24.5 Å². The van der Waals surface area contributed by atoms with Crippen LogP contribution in [0.25, 0.3) is 11.3 Å². The quantitative estimate of drug-likeness (QED) is 0.743. The maximum Gasteiger partial charge on any atom is 0.322 e. The molecule has 1 N–H and O–H groups in total. The highest BCUT2D eigenvalue weighted by Crippen LogP contribution is 2.38. The van der Waals surface area contributed by atoms with Crippen molar-refractivity contribution in [2.45, 2.75) is 38.3 Å². The van der Waals surface area contributed by atoms with Crippen molar-refractivity contribution < 1.29 is 4.79 Å². The summed E-state index contributed by atoms with van der Waals surface area (Å²) in [4.78, 5) is 15.1. The maximum absolute atomic E-state index is 13.1. The van der Waals surface area contributed by atoms with E-state index < -0.39 is 0 Å². The topological polar surface area (TPSA) is 68.0 Å². The predicted octanol–water partition coefficient (Wildman–Crippen LogP) is 3.77. The van der Waals surface area contributed by atoms with E-state index in [0.717, 1.165) is 42.0 Å². The van der Waals surface area contributed by atoms with Crippen LogP contribution in [0.1, 0.15) is 30.7 Å². The molecule has 29 heavy (non-hydrogen) atoms. The number of benzene rings is 1. The monoisotopic (exact) mass is 388 g/mol. The molecule has 1 fully saturated rings. The summed E-state index contributed by atoms with van der Waals surface area (Å²) in [6.07, 6.45) is 8.68. The number of amides is 2. The number of carbonyl (C=O) groups is 1. The van der Waals surface area contributed by atoms with Crippen LogP contribution in [0.2, 0.25) is 0 Å². The summed E-state index contributed by atoms with van der Waals surface area (Å²) < 4.78 is 3.75. The van der Waals surface area contributed by atoms with Crippen molar-refractivity contribution in [2.75, 3.05) is 5.32 Å². The molecule has 0 spiro atoms. The minimum Gasteiger partial charge on any atom is -0.315 e. The number of hydrogen-bond donors (Lipinski definition) is 1. The molecule has 4 heterocycles. The van der Waals surface area contributed by atoms with Gasteiger partial charge in [-0.2, -0.15) is 10.2 Å². The van der Waals surface area contributed by atoms with E-state index in [1.54, 1.807) is 6.20 Å². The van der Waals surface area contributed by atoms with Gasteiger partial charge in [-0.15, -0.1) is 0 Å². The van der Waals surface area contributed by atoms with Gasteiger partial charge in [-0.05, 0) is 50.0 Å². The van der Waals surface area contributed by atoms with Gasteiger partial charge in [0.1, 0.15) is 0 Å². The van der Waals surface area contributed by atoms with E-state index in [0.29, 0.717) is 0 Å². The third-order valence-electron chi connectivity index (χ3n) is 6.03. The molecule has 2 unspecified atom stereocenters. The highest BCUT2D eigenvalue weighted by molar-refractivity contribution is 5.91. The lowest BCUT2D eigenvalue weighted by Crippen LogP contribution is -2.45. The number of para-hydroxylation sites is 1. The molecule has 7 nitrogen and oxygen atoms in total. The molecule has 2 aliphatic rings. The molecule has 0 aliphatic carbocycles. The molecular formula is C22H24N6O. The second kappa shape index (κ2) is 6.92. The molecule has 3 aromatic rings. The fraction of sp³-hybridized carbons (Fsp3) is 0.318. The zero-order valence-corrected chi connectivity index (χ0v) is 16.6. The Morgan fingerprint density at radius 3 is 2.69 bits per heavy atom. The summed E-state index contributed by atoms with van der Waals surface area (Å²) in [6.45, 7) is 1.97. The minimum atomic E-state index is -0.0477. The molecule has 1 aromatic carbocycles. The van der Waals surface area contributed by atoms with Crippen molar-refractivity contribution in [3.05, 3.63) is 66.3 Å². The molecule has 2 atom stereocenters. The van der Waals surface area contributed by atoms with E-state index in [4.69, 9.17) is 0 Å². The van der Waals surface area contributed by atoms with Crippen LogP contribution in [0.3, 0.4) is 0 Å². The molecule has 2 amide bonds. The van der Waals surface area contributed by atoms with Crippen LogP contribution in [0.5, 0.6) is 0 Å². The van der Waals surface area contributed by atoms with Gasteiger partial charge in [-0.3, -0.25) is 4.68 Å². The van der Waals surface area contributed by atoms with Crippen LogP contribution in [0, 0.1) is 6.92 Å². The number of aryl methyl sites for hydroxylation is 1. The summed E-state index contributed by atoms with van der Waals surface area (Å²) >= 11 is 0. The Balaban J connectivity index is 1.36. The lowest BCUT2D eigenvalue weighted by atomic mass is 9.99. The van der Waals surface area contributed by atoms with E-state index in [1.807, 2.05) is 70.8 Å². The molecule has 0 radical (unpaired) electrons. The molecular weight excluding hydrogens is 364 g/mol. The number of nitrogens with zero attached hydrogens (tertiary/aromatic N) is 5. The second-order valence-electron chi connectivity index (χ2n) is 7.76. The Bertz CT molecular complexity index is 1080. The largest absolute Gasteiger partial charge is 0.322 e. The summed E-state index contributed by atoms with van der Waals surface area (Å²) in [5.74, 6) is 0. The van der Waals surface area contributed by atoms with E-state index in [2.05, 4.69) is 21.6 Å². The fourth-order valence-corrected chi connectivity index (χ4v) is 4.57. The van der Waals surface area contributed by atoms with Gasteiger partial charge in [0.05, 0.1) is 35.0 Å². The van der Waals surface area contributed by atoms with Gasteiger partial charge in [0, 0.05) is 19.3 Å².